The number of carbonyl (C=O) groups excluding carboxylic acids is 1. The Hall–Kier alpha value is -2.38. The molecule has 6 nitrogen and oxygen atoms in total. The molecule has 1 fully saturated rings. The van der Waals surface area contributed by atoms with Crippen LogP contribution >= 0.6 is 0 Å². The second-order valence-electron chi connectivity index (χ2n) is 7.14. The number of methoxy groups -OCH3 is 1. The summed E-state index contributed by atoms with van der Waals surface area (Å²) in [5.41, 5.74) is 3.08. The lowest BCUT2D eigenvalue weighted by Crippen LogP contribution is -2.41. The van der Waals surface area contributed by atoms with Crippen LogP contribution in [0.5, 0.6) is 5.75 Å². The van der Waals surface area contributed by atoms with E-state index in [1.165, 1.54) is 17.0 Å². The third-order valence-corrected chi connectivity index (χ3v) is 7.21. The summed E-state index contributed by atoms with van der Waals surface area (Å²) >= 11 is 0. The Morgan fingerprint density at radius 2 is 1.68 bits per heavy atom. The van der Waals surface area contributed by atoms with E-state index in [1.54, 1.807) is 24.3 Å². The van der Waals surface area contributed by atoms with E-state index in [0.29, 0.717) is 31.7 Å². The first-order valence-corrected chi connectivity index (χ1v) is 10.8. The van der Waals surface area contributed by atoms with Gasteiger partial charge in [0.2, 0.25) is 15.9 Å². The van der Waals surface area contributed by atoms with E-state index >= 15 is 0 Å². The Bertz CT molecular complexity index is 947. The fourth-order valence-corrected chi connectivity index (χ4v) is 4.79. The minimum atomic E-state index is -3.56. The number of benzene rings is 2. The molecule has 1 aliphatic rings. The van der Waals surface area contributed by atoms with Gasteiger partial charge in [-0.2, -0.15) is 4.31 Å². The highest BCUT2D eigenvalue weighted by Gasteiger charge is 2.32. The molecule has 2 aromatic carbocycles. The third kappa shape index (κ3) is 4.36. The number of ether oxygens (including phenoxy) is 1. The maximum atomic E-state index is 12.8. The molecule has 2 aromatic rings. The number of aryl methyl sites for hydroxylation is 2. The Labute approximate surface area is 166 Å². The van der Waals surface area contributed by atoms with Crippen molar-refractivity contribution in [3.63, 3.8) is 0 Å². The van der Waals surface area contributed by atoms with E-state index in [-0.39, 0.29) is 16.7 Å². The zero-order valence-corrected chi connectivity index (χ0v) is 17.3. The fraction of sp³-hybridized carbons (Fsp3) is 0.381. The van der Waals surface area contributed by atoms with Crippen LogP contribution in [0.15, 0.2) is 47.4 Å². The minimum absolute atomic E-state index is 0.0512. The zero-order chi connectivity index (χ0) is 20.3. The van der Waals surface area contributed by atoms with E-state index in [4.69, 9.17) is 4.74 Å². The summed E-state index contributed by atoms with van der Waals surface area (Å²) in [5, 5.41) is 2.96. The number of piperidine rings is 1. The van der Waals surface area contributed by atoms with Gasteiger partial charge in [0.1, 0.15) is 5.75 Å². The van der Waals surface area contributed by atoms with Gasteiger partial charge < -0.3 is 10.1 Å². The smallest absolute Gasteiger partial charge is 0.243 e. The summed E-state index contributed by atoms with van der Waals surface area (Å²) in [4.78, 5) is 12.8. The van der Waals surface area contributed by atoms with E-state index in [9.17, 15) is 13.2 Å². The normalized spacial score (nSPS) is 16.0. The summed E-state index contributed by atoms with van der Waals surface area (Å²) in [5.74, 6) is 0.370. The van der Waals surface area contributed by atoms with E-state index < -0.39 is 10.0 Å². The van der Waals surface area contributed by atoms with Gasteiger partial charge in [-0.05, 0) is 74.2 Å². The number of hydrogen-bond donors (Lipinski definition) is 1. The van der Waals surface area contributed by atoms with Crippen LogP contribution in [0.3, 0.4) is 0 Å². The molecule has 1 heterocycles. The third-order valence-electron chi connectivity index (χ3n) is 5.30. The average Bonchev–Trinajstić information content (AvgIpc) is 2.71. The molecule has 7 heteroatoms. The highest BCUT2D eigenvalue weighted by Crippen LogP contribution is 2.26. The van der Waals surface area contributed by atoms with Gasteiger partial charge in [0, 0.05) is 24.7 Å². The average molecular weight is 403 g/mol. The number of nitrogens with zero attached hydrogens (tertiary/aromatic N) is 1. The molecule has 1 saturated heterocycles. The predicted octanol–water partition coefficient (Wildman–Crippen LogP) is 3.35. The van der Waals surface area contributed by atoms with Crippen molar-refractivity contribution < 1.29 is 17.9 Å². The quantitative estimate of drug-likeness (QED) is 0.832. The Kier molecular flexibility index (Phi) is 6.05. The van der Waals surface area contributed by atoms with Crippen LogP contribution in [0, 0.1) is 19.8 Å². The number of amides is 1. The van der Waals surface area contributed by atoms with Crippen LogP contribution in [0.2, 0.25) is 0 Å². The van der Waals surface area contributed by atoms with Crippen molar-refractivity contribution >= 4 is 21.6 Å². The largest absolute Gasteiger partial charge is 0.497 e. The van der Waals surface area contributed by atoms with E-state index in [2.05, 4.69) is 5.32 Å². The predicted molar refractivity (Wildman–Crippen MR) is 109 cm³/mol. The van der Waals surface area contributed by atoms with Crippen LogP contribution < -0.4 is 10.1 Å². The summed E-state index contributed by atoms with van der Waals surface area (Å²) in [6.45, 7) is 4.70. The van der Waals surface area contributed by atoms with Crippen molar-refractivity contribution in [2.75, 3.05) is 25.5 Å². The van der Waals surface area contributed by atoms with Gasteiger partial charge in [0.05, 0.1) is 12.0 Å². The lowest BCUT2D eigenvalue weighted by molar-refractivity contribution is -0.120. The van der Waals surface area contributed by atoms with Gasteiger partial charge in [-0.1, -0.05) is 6.07 Å². The number of anilines is 1. The molecule has 0 atom stereocenters. The highest BCUT2D eigenvalue weighted by molar-refractivity contribution is 7.89. The summed E-state index contributed by atoms with van der Waals surface area (Å²) in [7, 11) is -2.02. The topological polar surface area (TPSA) is 75.7 Å². The molecule has 0 saturated carbocycles. The standard InChI is InChI=1S/C21H26N2O4S/c1-15-4-5-18(14-16(15)2)22-21(24)17-10-12-23(13-11-17)28(25,26)20-8-6-19(27-3)7-9-20/h4-9,14,17H,10-13H2,1-3H3,(H,22,24). The number of hydrogen-bond acceptors (Lipinski definition) is 4. The molecule has 0 bridgehead atoms. The van der Waals surface area contributed by atoms with Crippen molar-refractivity contribution in [1.29, 1.82) is 0 Å². The highest BCUT2D eigenvalue weighted by atomic mass is 32.2. The first-order chi connectivity index (χ1) is 13.3. The van der Waals surface area contributed by atoms with Crippen LogP contribution in [-0.4, -0.2) is 38.8 Å². The van der Waals surface area contributed by atoms with Crippen LogP contribution in [-0.2, 0) is 14.8 Å². The van der Waals surface area contributed by atoms with Gasteiger partial charge in [-0.3, -0.25) is 4.79 Å². The number of rotatable bonds is 5. The molecule has 0 aromatic heterocycles. The number of nitrogens with one attached hydrogen (secondary N) is 1. The molecule has 0 spiro atoms. The maximum Gasteiger partial charge on any atom is 0.243 e. The molecule has 150 valence electrons. The second kappa shape index (κ2) is 8.32. The first-order valence-electron chi connectivity index (χ1n) is 9.33. The molecule has 28 heavy (non-hydrogen) atoms. The van der Waals surface area contributed by atoms with Gasteiger partial charge in [-0.25, -0.2) is 8.42 Å². The molecule has 0 aliphatic carbocycles. The molecular formula is C21H26N2O4S. The lowest BCUT2D eigenvalue weighted by Gasteiger charge is -2.30. The molecule has 1 N–H and O–H groups in total. The first kappa shape index (κ1) is 20.4. The van der Waals surface area contributed by atoms with Crippen molar-refractivity contribution in [2.45, 2.75) is 31.6 Å². The van der Waals surface area contributed by atoms with Gasteiger partial charge in [0.15, 0.2) is 0 Å². The summed E-state index contributed by atoms with van der Waals surface area (Å²) in [6.07, 6.45) is 1.01. The maximum absolute atomic E-state index is 12.8. The van der Waals surface area contributed by atoms with Crippen LogP contribution in [0.4, 0.5) is 5.69 Å². The van der Waals surface area contributed by atoms with Crippen LogP contribution in [0.25, 0.3) is 0 Å². The van der Waals surface area contributed by atoms with Crippen molar-refractivity contribution in [3.05, 3.63) is 53.6 Å². The SMILES string of the molecule is COc1ccc(S(=O)(=O)N2CCC(C(=O)Nc3ccc(C)c(C)c3)CC2)cc1. The zero-order valence-electron chi connectivity index (χ0n) is 16.4. The van der Waals surface area contributed by atoms with Crippen molar-refractivity contribution in [2.24, 2.45) is 5.92 Å². The molecule has 1 amide bonds. The molecule has 3 rings (SSSR count). The number of sulfonamides is 1. The minimum Gasteiger partial charge on any atom is -0.497 e. The van der Waals surface area contributed by atoms with Gasteiger partial charge in [0.25, 0.3) is 0 Å². The second-order valence-corrected chi connectivity index (χ2v) is 9.08. The molecule has 0 unspecified atom stereocenters. The fourth-order valence-electron chi connectivity index (χ4n) is 3.32. The van der Waals surface area contributed by atoms with E-state index in [1.807, 2.05) is 32.0 Å². The van der Waals surface area contributed by atoms with Gasteiger partial charge in [-0.15, -0.1) is 0 Å². The Balaban J connectivity index is 1.61. The Morgan fingerprint density at radius 1 is 1.04 bits per heavy atom. The molecular weight excluding hydrogens is 376 g/mol. The van der Waals surface area contributed by atoms with Crippen LogP contribution in [0.1, 0.15) is 24.0 Å². The van der Waals surface area contributed by atoms with Gasteiger partial charge >= 0.3 is 0 Å². The molecule has 0 radical (unpaired) electrons. The Morgan fingerprint density at radius 3 is 2.25 bits per heavy atom. The molecule has 1 aliphatic heterocycles. The summed E-state index contributed by atoms with van der Waals surface area (Å²) < 4.78 is 32.1. The lowest BCUT2D eigenvalue weighted by atomic mass is 9.97. The monoisotopic (exact) mass is 402 g/mol. The van der Waals surface area contributed by atoms with Crippen molar-refractivity contribution in [3.8, 4) is 5.75 Å². The van der Waals surface area contributed by atoms with Crippen molar-refractivity contribution in [1.82, 2.24) is 4.31 Å². The summed E-state index contributed by atoms with van der Waals surface area (Å²) in [6, 6.07) is 12.2. The van der Waals surface area contributed by atoms with E-state index in [0.717, 1.165) is 11.3 Å². The number of carbonyl (C=O) groups is 1.